The van der Waals surface area contributed by atoms with Gasteiger partial charge in [-0.25, -0.2) is 0 Å². The average Bonchev–Trinajstić information content (AvgIpc) is 2.49. The standard InChI is InChI=1S/C18H28ClNO/c1-3-20-16(9-10-17-6-4-5-11-21-17)13-15-8-7-14(2)12-18(15)19/h7-8,12,16-17,20H,3-6,9-11,13H2,1-2H3. The largest absolute Gasteiger partial charge is 0.378 e. The van der Waals surface area contributed by atoms with Crippen LogP contribution in [0.1, 0.15) is 50.2 Å². The van der Waals surface area contributed by atoms with Crippen molar-refractivity contribution in [1.29, 1.82) is 0 Å². The molecule has 21 heavy (non-hydrogen) atoms. The Morgan fingerprint density at radius 3 is 2.90 bits per heavy atom. The molecule has 2 rings (SSSR count). The minimum Gasteiger partial charge on any atom is -0.378 e. The van der Waals surface area contributed by atoms with Crippen molar-refractivity contribution < 1.29 is 4.74 Å². The predicted molar refractivity (Wildman–Crippen MR) is 90.2 cm³/mol. The quantitative estimate of drug-likeness (QED) is 0.799. The minimum atomic E-state index is 0.466. The van der Waals surface area contributed by atoms with Gasteiger partial charge in [-0.2, -0.15) is 0 Å². The molecule has 0 aliphatic carbocycles. The molecule has 1 aromatic carbocycles. The number of aryl methyl sites for hydroxylation is 1. The lowest BCUT2D eigenvalue weighted by molar-refractivity contribution is 0.00861. The summed E-state index contributed by atoms with van der Waals surface area (Å²) in [5.41, 5.74) is 2.47. The zero-order valence-electron chi connectivity index (χ0n) is 13.3. The molecule has 1 aromatic rings. The topological polar surface area (TPSA) is 21.3 Å². The van der Waals surface area contributed by atoms with Gasteiger partial charge >= 0.3 is 0 Å². The second-order valence-corrected chi connectivity index (χ2v) is 6.53. The van der Waals surface area contributed by atoms with Gasteiger partial charge in [0, 0.05) is 17.7 Å². The molecule has 118 valence electrons. The van der Waals surface area contributed by atoms with Crippen molar-refractivity contribution in [2.75, 3.05) is 13.2 Å². The first-order chi connectivity index (χ1) is 10.2. The smallest absolute Gasteiger partial charge is 0.0575 e. The van der Waals surface area contributed by atoms with Gasteiger partial charge in [0.25, 0.3) is 0 Å². The van der Waals surface area contributed by atoms with Crippen molar-refractivity contribution in [2.45, 2.75) is 64.5 Å². The molecular weight excluding hydrogens is 282 g/mol. The fourth-order valence-electron chi connectivity index (χ4n) is 3.07. The van der Waals surface area contributed by atoms with Crippen LogP contribution in [0, 0.1) is 6.92 Å². The number of likely N-dealkylation sites (N-methyl/N-ethyl adjacent to an activating group) is 1. The Labute approximate surface area is 134 Å². The van der Waals surface area contributed by atoms with Crippen LogP contribution in [-0.4, -0.2) is 25.3 Å². The molecule has 1 saturated heterocycles. The highest BCUT2D eigenvalue weighted by atomic mass is 35.5. The van der Waals surface area contributed by atoms with Crippen LogP contribution >= 0.6 is 11.6 Å². The summed E-state index contributed by atoms with van der Waals surface area (Å²) in [6, 6.07) is 6.86. The number of ether oxygens (including phenoxy) is 1. The van der Waals surface area contributed by atoms with E-state index in [1.165, 1.54) is 30.4 Å². The Morgan fingerprint density at radius 1 is 1.38 bits per heavy atom. The SMILES string of the molecule is CCNC(CCC1CCCCO1)Cc1ccc(C)cc1Cl. The molecule has 1 aliphatic heterocycles. The monoisotopic (exact) mass is 309 g/mol. The van der Waals surface area contributed by atoms with Crippen molar-refractivity contribution in [3.8, 4) is 0 Å². The Kier molecular flexibility index (Phi) is 7.01. The summed E-state index contributed by atoms with van der Waals surface area (Å²) in [5, 5.41) is 4.49. The molecule has 0 spiro atoms. The fourth-order valence-corrected chi connectivity index (χ4v) is 3.38. The first-order valence-electron chi connectivity index (χ1n) is 8.29. The van der Waals surface area contributed by atoms with E-state index in [4.69, 9.17) is 16.3 Å². The third-order valence-electron chi connectivity index (χ3n) is 4.28. The van der Waals surface area contributed by atoms with Gasteiger partial charge in [0.2, 0.25) is 0 Å². The predicted octanol–water partition coefficient (Wildman–Crippen LogP) is 4.52. The molecule has 1 heterocycles. The van der Waals surface area contributed by atoms with E-state index in [0.717, 1.165) is 37.4 Å². The van der Waals surface area contributed by atoms with Crippen LogP contribution in [0.2, 0.25) is 5.02 Å². The number of nitrogens with one attached hydrogen (secondary N) is 1. The maximum absolute atomic E-state index is 6.37. The second kappa shape index (κ2) is 8.77. The summed E-state index contributed by atoms with van der Waals surface area (Å²) < 4.78 is 5.84. The lowest BCUT2D eigenvalue weighted by Gasteiger charge is -2.25. The average molecular weight is 310 g/mol. The van der Waals surface area contributed by atoms with Gasteiger partial charge in [-0.1, -0.05) is 30.7 Å². The molecule has 1 fully saturated rings. The first kappa shape index (κ1) is 16.8. The summed E-state index contributed by atoms with van der Waals surface area (Å²) in [7, 11) is 0. The zero-order valence-corrected chi connectivity index (χ0v) is 14.1. The lowest BCUT2D eigenvalue weighted by Crippen LogP contribution is -2.32. The van der Waals surface area contributed by atoms with Crippen LogP contribution in [0.15, 0.2) is 18.2 Å². The highest BCUT2D eigenvalue weighted by Crippen LogP contribution is 2.22. The molecule has 1 N–H and O–H groups in total. The van der Waals surface area contributed by atoms with Crippen LogP contribution < -0.4 is 5.32 Å². The Hall–Kier alpha value is -0.570. The number of hydrogen-bond acceptors (Lipinski definition) is 2. The summed E-state index contributed by atoms with van der Waals surface area (Å²) in [5.74, 6) is 0. The van der Waals surface area contributed by atoms with Gasteiger partial charge in [0.15, 0.2) is 0 Å². The molecule has 3 heteroatoms. The summed E-state index contributed by atoms with van der Waals surface area (Å²) in [6.07, 6.45) is 7.55. The molecule has 0 amide bonds. The van der Waals surface area contributed by atoms with Crippen LogP contribution in [0.25, 0.3) is 0 Å². The molecule has 2 atom stereocenters. The van der Waals surface area contributed by atoms with E-state index < -0.39 is 0 Å². The van der Waals surface area contributed by atoms with Crippen molar-refractivity contribution in [3.05, 3.63) is 34.3 Å². The number of halogens is 1. The van der Waals surface area contributed by atoms with Crippen LogP contribution in [-0.2, 0) is 11.2 Å². The van der Waals surface area contributed by atoms with Crippen LogP contribution in [0.4, 0.5) is 0 Å². The van der Waals surface area contributed by atoms with E-state index in [2.05, 4.69) is 37.4 Å². The van der Waals surface area contributed by atoms with Gasteiger partial charge in [0.1, 0.15) is 0 Å². The number of benzene rings is 1. The lowest BCUT2D eigenvalue weighted by atomic mass is 9.97. The van der Waals surface area contributed by atoms with E-state index in [0.29, 0.717) is 12.1 Å². The molecule has 2 nitrogen and oxygen atoms in total. The molecule has 1 aliphatic rings. The van der Waals surface area contributed by atoms with E-state index in [1.54, 1.807) is 0 Å². The van der Waals surface area contributed by atoms with Gasteiger partial charge in [0.05, 0.1) is 6.10 Å². The Morgan fingerprint density at radius 2 is 2.24 bits per heavy atom. The zero-order chi connectivity index (χ0) is 15.1. The van der Waals surface area contributed by atoms with Crippen molar-refractivity contribution in [2.24, 2.45) is 0 Å². The minimum absolute atomic E-state index is 0.466. The summed E-state index contributed by atoms with van der Waals surface area (Å²) in [6.45, 7) is 6.19. The highest BCUT2D eigenvalue weighted by Gasteiger charge is 2.17. The number of hydrogen-bond donors (Lipinski definition) is 1. The summed E-state index contributed by atoms with van der Waals surface area (Å²) >= 11 is 6.37. The molecule has 0 saturated carbocycles. The van der Waals surface area contributed by atoms with Crippen LogP contribution in [0.3, 0.4) is 0 Å². The molecule has 0 radical (unpaired) electrons. The molecular formula is C18H28ClNO. The van der Waals surface area contributed by atoms with Crippen LogP contribution in [0.5, 0.6) is 0 Å². The van der Waals surface area contributed by atoms with Gasteiger partial charge in [-0.3, -0.25) is 0 Å². The van der Waals surface area contributed by atoms with Gasteiger partial charge < -0.3 is 10.1 Å². The van der Waals surface area contributed by atoms with E-state index in [1.807, 2.05) is 0 Å². The normalized spacial score (nSPS) is 20.4. The van der Waals surface area contributed by atoms with E-state index in [-0.39, 0.29) is 0 Å². The maximum Gasteiger partial charge on any atom is 0.0575 e. The third-order valence-corrected chi connectivity index (χ3v) is 4.63. The van der Waals surface area contributed by atoms with Crippen molar-refractivity contribution >= 4 is 11.6 Å². The fraction of sp³-hybridized carbons (Fsp3) is 0.667. The summed E-state index contributed by atoms with van der Waals surface area (Å²) in [4.78, 5) is 0. The molecule has 0 aromatic heterocycles. The third kappa shape index (κ3) is 5.61. The second-order valence-electron chi connectivity index (χ2n) is 6.12. The van der Waals surface area contributed by atoms with Crippen molar-refractivity contribution in [3.63, 3.8) is 0 Å². The maximum atomic E-state index is 6.37. The van der Waals surface area contributed by atoms with E-state index in [9.17, 15) is 0 Å². The number of rotatable bonds is 7. The van der Waals surface area contributed by atoms with Crippen molar-refractivity contribution in [1.82, 2.24) is 5.32 Å². The Balaban J connectivity index is 1.88. The Bertz CT molecular complexity index is 429. The highest BCUT2D eigenvalue weighted by molar-refractivity contribution is 6.31. The molecule has 2 unspecified atom stereocenters. The van der Waals surface area contributed by atoms with Gasteiger partial charge in [-0.05, 0) is 69.2 Å². The van der Waals surface area contributed by atoms with E-state index >= 15 is 0 Å². The van der Waals surface area contributed by atoms with Gasteiger partial charge in [-0.15, -0.1) is 0 Å². The molecule has 0 bridgehead atoms. The first-order valence-corrected chi connectivity index (χ1v) is 8.67.